The summed E-state index contributed by atoms with van der Waals surface area (Å²) in [5, 5.41) is 0. The Kier molecular flexibility index (Phi) is 5.75. The number of aromatic nitrogens is 2. The van der Waals surface area contributed by atoms with E-state index in [-0.39, 0.29) is 5.56 Å². The summed E-state index contributed by atoms with van der Waals surface area (Å²) in [6.45, 7) is 4.59. The van der Waals surface area contributed by atoms with Gasteiger partial charge in [0.2, 0.25) is 0 Å². The highest BCUT2D eigenvalue weighted by Crippen LogP contribution is 2.23. The predicted octanol–water partition coefficient (Wildman–Crippen LogP) is 5.33. The lowest BCUT2D eigenvalue weighted by molar-refractivity contribution is 0.291. The van der Waals surface area contributed by atoms with Crippen molar-refractivity contribution in [1.82, 2.24) is 9.55 Å². The molecule has 30 heavy (non-hydrogen) atoms. The van der Waals surface area contributed by atoms with Crippen molar-refractivity contribution in [3.63, 3.8) is 0 Å². The van der Waals surface area contributed by atoms with Gasteiger partial charge in [0.25, 0.3) is 11.6 Å². The third-order valence-electron chi connectivity index (χ3n) is 5.05. The monoisotopic (exact) mass is 396 g/mol. The molecule has 150 valence electrons. The lowest BCUT2D eigenvalue weighted by atomic mass is 10.0. The zero-order chi connectivity index (χ0) is 20.9. The predicted molar refractivity (Wildman–Crippen MR) is 121 cm³/mol. The molecule has 4 nitrogen and oxygen atoms in total. The van der Waals surface area contributed by atoms with Crippen LogP contribution in [0.4, 0.5) is 0 Å². The highest BCUT2D eigenvalue weighted by Gasteiger charge is 2.17. The molecule has 0 spiro atoms. The number of benzene rings is 3. The lowest BCUT2D eigenvalue weighted by Crippen LogP contribution is -2.26. The van der Waals surface area contributed by atoms with E-state index in [1.54, 1.807) is 4.57 Å². The molecule has 0 fully saturated rings. The van der Waals surface area contributed by atoms with Gasteiger partial charge in [-0.25, -0.2) is 4.98 Å². The zero-order valence-corrected chi connectivity index (χ0v) is 17.2. The van der Waals surface area contributed by atoms with Gasteiger partial charge in [0.1, 0.15) is 0 Å². The Hall–Kier alpha value is -3.66. The van der Waals surface area contributed by atoms with Crippen molar-refractivity contribution in [2.24, 2.45) is 0 Å². The van der Waals surface area contributed by atoms with Gasteiger partial charge in [-0.05, 0) is 36.1 Å². The fourth-order valence-corrected chi connectivity index (χ4v) is 3.57. The van der Waals surface area contributed by atoms with Crippen LogP contribution in [0.25, 0.3) is 22.3 Å². The molecule has 1 aromatic heterocycles. The van der Waals surface area contributed by atoms with Gasteiger partial charge in [-0.1, -0.05) is 84.9 Å². The molecule has 4 rings (SSSR count). The normalized spacial score (nSPS) is 10.7. The van der Waals surface area contributed by atoms with Gasteiger partial charge in [0, 0.05) is 0 Å². The van der Waals surface area contributed by atoms with Crippen LogP contribution in [-0.2, 0) is 6.54 Å². The summed E-state index contributed by atoms with van der Waals surface area (Å²) in [5.74, 6) is 0. The number of aryl methyl sites for hydroxylation is 1. The van der Waals surface area contributed by atoms with Crippen LogP contribution in [0.5, 0.6) is 6.01 Å². The Bertz CT molecular complexity index is 1180. The number of hydrogen-bond acceptors (Lipinski definition) is 3. The maximum Gasteiger partial charge on any atom is 0.299 e. The third kappa shape index (κ3) is 4.03. The Labute approximate surface area is 176 Å². The smallest absolute Gasteiger partial charge is 0.299 e. The highest BCUT2D eigenvalue weighted by atomic mass is 16.5. The van der Waals surface area contributed by atoms with Gasteiger partial charge >= 0.3 is 0 Å². The minimum absolute atomic E-state index is 0.0933. The molecule has 0 bridgehead atoms. The van der Waals surface area contributed by atoms with Crippen LogP contribution in [-0.4, -0.2) is 16.2 Å². The molecule has 0 aliphatic heterocycles. The molecule has 1 heterocycles. The summed E-state index contributed by atoms with van der Waals surface area (Å²) in [6, 6.07) is 28.5. The first-order valence-electron chi connectivity index (χ1n) is 10.1. The molecule has 0 saturated carbocycles. The number of ether oxygens (including phenoxy) is 1. The first-order chi connectivity index (χ1) is 14.7. The molecule has 0 saturated heterocycles. The SMILES string of the molecule is CCOc1nc(C)c(-c2ccccc2)c(=O)n1Cc1ccc(-c2ccccc2)cc1. The molecule has 0 aliphatic carbocycles. The lowest BCUT2D eigenvalue weighted by Gasteiger charge is -2.16. The minimum atomic E-state index is -0.0933. The van der Waals surface area contributed by atoms with E-state index in [4.69, 9.17) is 4.74 Å². The van der Waals surface area contributed by atoms with Crippen LogP contribution in [0, 0.1) is 6.92 Å². The van der Waals surface area contributed by atoms with Crippen LogP contribution in [0.3, 0.4) is 0 Å². The van der Waals surface area contributed by atoms with Crippen LogP contribution in [0.15, 0.2) is 89.7 Å². The number of hydrogen-bond donors (Lipinski definition) is 0. The summed E-state index contributed by atoms with van der Waals surface area (Å²) in [7, 11) is 0. The molecule has 4 heteroatoms. The van der Waals surface area contributed by atoms with E-state index >= 15 is 0 Å². The van der Waals surface area contributed by atoms with Crippen molar-refractivity contribution in [1.29, 1.82) is 0 Å². The molecule has 0 aliphatic rings. The van der Waals surface area contributed by atoms with Crippen molar-refractivity contribution < 1.29 is 4.74 Å². The van der Waals surface area contributed by atoms with Gasteiger partial charge in [-0.3, -0.25) is 9.36 Å². The van der Waals surface area contributed by atoms with E-state index < -0.39 is 0 Å². The molecule has 0 unspecified atom stereocenters. The van der Waals surface area contributed by atoms with Crippen LogP contribution in [0.1, 0.15) is 18.2 Å². The fourth-order valence-electron chi connectivity index (χ4n) is 3.57. The van der Waals surface area contributed by atoms with Crippen molar-refractivity contribution >= 4 is 0 Å². The van der Waals surface area contributed by atoms with E-state index in [1.165, 1.54) is 5.56 Å². The Morgan fingerprint density at radius 3 is 1.97 bits per heavy atom. The van der Waals surface area contributed by atoms with Crippen LogP contribution >= 0.6 is 0 Å². The molecule has 0 N–H and O–H groups in total. The fraction of sp³-hybridized carbons (Fsp3) is 0.154. The molecular formula is C26H24N2O2. The zero-order valence-electron chi connectivity index (χ0n) is 17.2. The van der Waals surface area contributed by atoms with E-state index in [0.717, 1.165) is 16.7 Å². The van der Waals surface area contributed by atoms with Gasteiger partial charge < -0.3 is 4.74 Å². The van der Waals surface area contributed by atoms with E-state index in [2.05, 4.69) is 29.2 Å². The first kappa shape index (κ1) is 19.6. The summed E-state index contributed by atoms with van der Waals surface area (Å²) >= 11 is 0. The first-order valence-corrected chi connectivity index (χ1v) is 10.1. The summed E-state index contributed by atoms with van der Waals surface area (Å²) in [6.07, 6.45) is 0. The largest absolute Gasteiger partial charge is 0.465 e. The maximum absolute atomic E-state index is 13.4. The standard InChI is InChI=1S/C26H24N2O2/c1-3-30-26-27-19(2)24(23-12-8-5-9-13-23)25(29)28(26)18-20-14-16-22(17-15-20)21-10-6-4-7-11-21/h4-17H,3,18H2,1-2H3. The molecular weight excluding hydrogens is 372 g/mol. The molecule has 0 radical (unpaired) electrons. The number of rotatable bonds is 6. The van der Waals surface area contributed by atoms with E-state index in [0.29, 0.717) is 30.4 Å². The van der Waals surface area contributed by atoms with Gasteiger partial charge in [-0.15, -0.1) is 0 Å². The summed E-state index contributed by atoms with van der Waals surface area (Å²) < 4.78 is 7.33. The number of nitrogens with zero attached hydrogens (tertiary/aromatic N) is 2. The van der Waals surface area contributed by atoms with Gasteiger partial charge in [0.15, 0.2) is 0 Å². The van der Waals surface area contributed by atoms with Crippen LogP contribution in [0.2, 0.25) is 0 Å². The van der Waals surface area contributed by atoms with E-state index in [1.807, 2.05) is 74.5 Å². The second kappa shape index (κ2) is 8.78. The minimum Gasteiger partial charge on any atom is -0.465 e. The van der Waals surface area contributed by atoms with E-state index in [9.17, 15) is 4.79 Å². The van der Waals surface area contributed by atoms with Crippen molar-refractivity contribution in [3.05, 3.63) is 107 Å². The van der Waals surface area contributed by atoms with Gasteiger partial charge in [0.05, 0.1) is 24.4 Å². The Morgan fingerprint density at radius 2 is 1.37 bits per heavy atom. The average molecular weight is 396 g/mol. The highest BCUT2D eigenvalue weighted by molar-refractivity contribution is 5.65. The molecule has 0 amide bonds. The van der Waals surface area contributed by atoms with Crippen LogP contribution < -0.4 is 10.3 Å². The summed E-state index contributed by atoms with van der Waals surface area (Å²) in [4.78, 5) is 18.0. The summed E-state index contributed by atoms with van der Waals surface area (Å²) in [5.41, 5.74) is 5.38. The quantitative estimate of drug-likeness (QED) is 0.442. The molecule has 0 atom stereocenters. The molecule has 4 aromatic rings. The van der Waals surface area contributed by atoms with Crippen molar-refractivity contribution in [2.45, 2.75) is 20.4 Å². The van der Waals surface area contributed by atoms with Gasteiger partial charge in [-0.2, -0.15) is 0 Å². The molecule has 3 aromatic carbocycles. The van der Waals surface area contributed by atoms with Crippen molar-refractivity contribution in [3.8, 4) is 28.3 Å². The van der Waals surface area contributed by atoms with Crippen molar-refractivity contribution in [2.75, 3.05) is 6.61 Å². The second-order valence-corrected chi connectivity index (χ2v) is 7.11. The second-order valence-electron chi connectivity index (χ2n) is 7.11. The Balaban J connectivity index is 1.73. The third-order valence-corrected chi connectivity index (χ3v) is 5.05. The Morgan fingerprint density at radius 1 is 0.800 bits per heavy atom. The maximum atomic E-state index is 13.4. The topological polar surface area (TPSA) is 44.1 Å². The average Bonchev–Trinajstić information content (AvgIpc) is 2.78.